The Hall–Kier alpha value is -3.69. The van der Waals surface area contributed by atoms with E-state index in [9.17, 15) is 18.0 Å². The van der Waals surface area contributed by atoms with Crippen molar-refractivity contribution < 1.29 is 22.7 Å². The predicted molar refractivity (Wildman–Crippen MR) is 122 cm³/mol. The number of carbonyl (C=O) groups is 1. The van der Waals surface area contributed by atoms with Gasteiger partial charge in [-0.3, -0.25) is 4.79 Å². The molecule has 3 aromatic rings. The maximum atomic E-state index is 14.8. The Balaban J connectivity index is 1.79. The van der Waals surface area contributed by atoms with Crippen LogP contribution in [0.4, 0.5) is 24.7 Å². The van der Waals surface area contributed by atoms with Crippen LogP contribution in [-0.2, 0) is 0 Å². The average molecular weight is 471 g/mol. The number of nitrogens with zero attached hydrogens (tertiary/aromatic N) is 4. The molecule has 2 aromatic heterocycles. The number of rotatable bonds is 6. The molecule has 1 saturated heterocycles. The van der Waals surface area contributed by atoms with Crippen LogP contribution >= 0.6 is 0 Å². The minimum Gasteiger partial charge on any atom is -0.497 e. The summed E-state index contributed by atoms with van der Waals surface area (Å²) in [6, 6.07) is 5.70. The van der Waals surface area contributed by atoms with Crippen molar-refractivity contribution in [3.63, 3.8) is 0 Å². The van der Waals surface area contributed by atoms with Crippen molar-refractivity contribution in [3.05, 3.63) is 60.1 Å². The van der Waals surface area contributed by atoms with Crippen molar-refractivity contribution in [2.45, 2.75) is 32.1 Å². The summed E-state index contributed by atoms with van der Waals surface area (Å²) in [6.07, 6.45) is 3.84. The number of carbonyl (C=O) groups excluding carboxylic acids is 1. The third kappa shape index (κ3) is 4.80. The molecule has 34 heavy (non-hydrogen) atoms. The highest BCUT2D eigenvalue weighted by Crippen LogP contribution is 2.40. The van der Waals surface area contributed by atoms with E-state index in [-0.39, 0.29) is 47.1 Å². The largest absolute Gasteiger partial charge is 0.497 e. The second-order valence-electron chi connectivity index (χ2n) is 8.37. The van der Waals surface area contributed by atoms with Gasteiger partial charge in [0.1, 0.15) is 17.4 Å². The number of ether oxygens (including phenoxy) is 1. The van der Waals surface area contributed by atoms with Crippen molar-refractivity contribution in [3.8, 4) is 16.9 Å². The summed E-state index contributed by atoms with van der Waals surface area (Å²) in [5, 5.41) is 2.74. The minimum atomic E-state index is -2.89. The Bertz CT molecular complexity index is 1200. The van der Waals surface area contributed by atoms with Gasteiger partial charge >= 0.3 is 0 Å². The Labute approximate surface area is 195 Å². The van der Waals surface area contributed by atoms with Crippen LogP contribution in [0.1, 0.15) is 42.4 Å². The molecule has 1 amide bonds. The zero-order valence-corrected chi connectivity index (χ0v) is 19.0. The molecule has 10 heteroatoms. The molecule has 178 valence electrons. The quantitative estimate of drug-likeness (QED) is 0.551. The Morgan fingerprint density at radius 3 is 2.50 bits per heavy atom. The van der Waals surface area contributed by atoms with Crippen LogP contribution in [-0.4, -0.2) is 47.0 Å². The van der Waals surface area contributed by atoms with Gasteiger partial charge in [0, 0.05) is 48.6 Å². The number of benzene rings is 1. The number of nitrogens with one attached hydrogen (secondary N) is 1. The first kappa shape index (κ1) is 23.5. The van der Waals surface area contributed by atoms with Crippen LogP contribution in [0.5, 0.6) is 5.75 Å². The number of amides is 1. The summed E-state index contributed by atoms with van der Waals surface area (Å²) in [4.78, 5) is 27.1. The number of aromatic nitrogens is 3. The molecule has 1 aromatic carbocycles. The van der Waals surface area contributed by atoms with Gasteiger partial charge < -0.3 is 15.0 Å². The van der Waals surface area contributed by atoms with Crippen LogP contribution in [0.3, 0.4) is 0 Å². The molecule has 0 aliphatic carbocycles. The highest BCUT2D eigenvalue weighted by molar-refractivity contribution is 6.08. The van der Waals surface area contributed by atoms with Gasteiger partial charge in [0.25, 0.3) is 11.8 Å². The van der Waals surface area contributed by atoms with Gasteiger partial charge in [0.05, 0.1) is 24.9 Å². The van der Waals surface area contributed by atoms with Gasteiger partial charge in [0.2, 0.25) is 0 Å². The minimum absolute atomic E-state index is 0.0408. The average Bonchev–Trinajstić information content (AvgIpc) is 3.19. The third-order valence-electron chi connectivity index (χ3n) is 5.55. The highest BCUT2D eigenvalue weighted by atomic mass is 19.3. The maximum absolute atomic E-state index is 14.8. The molecule has 1 N–H and O–H groups in total. The van der Waals surface area contributed by atoms with Crippen LogP contribution in [0.25, 0.3) is 11.1 Å². The normalized spacial score (nSPS) is 15.0. The molecule has 1 aliphatic heterocycles. The number of methoxy groups -OCH3 is 1. The Morgan fingerprint density at radius 2 is 1.88 bits per heavy atom. The van der Waals surface area contributed by atoms with E-state index in [1.807, 2.05) is 13.8 Å². The van der Waals surface area contributed by atoms with Crippen molar-refractivity contribution in [1.29, 1.82) is 0 Å². The molecule has 0 unspecified atom stereocenters. The van der Waals surface area contributed by atoms with E-state index in [0.29, 0.717) is 11.6 Å². The molecule has 7 nitrogen and oxygen atoms in total. The lowest BCUT2D eigenvalue weighted by Crippen LogP contribution is -2.27. The van der Waals surface area contributed by atoms with E-state index in [2.05, 4.69) is 20.3 Å². The number of pyridine rings is 1. The van der Waals surface area contributed by atoms with Gasteiger partial charge in [-0.25, -0.2) is 28.1 Å². The first-order valence-corrected chi connectivity index (χ1v) is 10.8. The van der Waals surface area contributed by atoms with Gasteiger partial charge in [0.15, 0.2) is 5.82 Å². The number of alkyl halides is 2. The first-order chi connectivity index (χ1) is 16.2. The summed E-state index contributed by atoms with van der Waals surface area (Å²) in [6.45, 7) is 3.34. The summed E-state index contributed by atoms with van der Waals surface area (Å²) in [5.41, 5.74) is 0.702. The molecule has 1 aliphatic rings. The molecule has 0 radical (unpaired) electrons. The maximum Gasteiger partial charge on any atom is 0.266 e. The summed E-state index contributed by atoms with van der Waals surface area (Å²) >= 11 is 0. The van der Waals surface area contributed by atoms with Crippen LogP contribution in [0.2, 0.25) is 0 Å². The Kier molecular flexibility index (Phi) is 6.41. The third-order valence-corrected chi connectivity index (χ3v) is 5.55. The summed E-state index contributed by atoms with van der Waals surface area (Å²) < 4.78 is 48.0. The van der Waals surface area contributed by atoms with Gasteiger partial charge in [-0.1, -0.05) is 13.8 Å². The van der Waals surface area contributed by atoms with Gasteiger partial charge in [-0.2, -0.15) is 0 Å². The fourth-order valence-corrected chi connectivity index (χ4v) is 3.73. The molecule has 3 heterocycles. The van der Waals surface area contributed by atoms with E-state index in [1.54, 1.807) is 0 Å². The number of hydrogen-bond donors (Lipinski definition) is 1. The predicted octanol–water partition coefficient (Wildman–Crippen LogP) is 4.91. The fourth-order valence-electron chi connectivity index (χ4n) is 3.73. The number of hydrogen-bond acceptors (Lipinski definition) is 6. The van der Waals surface area contributed by atoms with Crippen molar-refractivity contribution in [1.82, 2.24) is 15.0 Å². The zero-order valence-electron chi connectivity index (χ0n) is 19.0. The first-order valence-electron chi connectivity index (χ1n) is 10.8. The molecule has 0 atom stereocenters. The fraction of sp³-hybridized carbons (Fsp3) is 0.333. The zero-order chi connectivity index (χ0) is 24.5. The second kappa shape index (κ2) is 9.28. The van der Waals surface area contributed by atoms with E-state index >= 15 is 0 Å². The van der Waals surface area contributed by atoms with E-state index in [1.165, 1.54) is 54.9 Å². The lowest BCUT2D eigenvalue weighted by Gasteiger charge is -2.23. The van der Waals surface area contributed by atoms with Crippen molar-refractivity contribution in [2.24, 2.45) is 0 Å². The molecular formula is C24H24F3N5O2. The van der Waals surface area contributed by atoms with Crippen molar-refractivity contribution >= 4 is 17.4 Å². The van der Waals surface area contributed by atoms with Gasteiger partial charge in [-0.15, -0.1) is 0 Å². The topological polar surface area (TPSA) is 80.2 Å². The van der Waals surface area contributed by atoms with Gasteiger partial charge in [-0.05, 0) is 24.3 Å². The molecule has 1 fully saturated rings. The molecule has 0 spiro atoms. The number of halogens is 3. The summed E-state index contributed by atoms with van der Waals surface area (Å²) in [5.74, 6) is -2.83. The lowest BCUT2D eigenvalue weighted by molar-refractivity contribution is 0.0257. The van der Waals surface area contributed by atoms with E-state index in [4.69, 9.17) is 4.74 Å². The molecule has 4 rings (SSSR count). The molecular weight excluding hydrogens is 447 g/mol. The Morgan fingerprint density at radius 1 is 1.15 bits per heavy atom. The lowest BCUT2D eigenvalue weighted by atomic mass is 10.0. The number of anilines is 2. The monoisotopic (exact) mass is 471 g/mol. The second-order valence-corrected chi connectivity index (χ2v) is 8.37. The highest BCUT2D eigenvalue weighted by Gasteiger charge is 2.40. The summed E-state index contributed by atoms with van der Waals surface area (Å²) in [7, 11) is 1.45. The molecule has 0 bridgehead atoms. The standard InChI is InChI=1S/C24H24F3N5O2/c1-14(2)21-29-11-15(12-30-21)23(33)31-20-17(18-10-16(34-3)4-5-19(18)25)6-8-28-22(20)32-9-7-24(26,27)13-32/h4-6,8,10-12,14H,7,9,13H2,1-3H3,(H,31,33). The molecule has 0 saturated carbocycles. The van der Waals surface area contributed by atoms with Crippen molar-refractivity contribution in [2.75, 3.05) is 30.4 Å². The SMILES string of the molecule is COc1ccc(F)c(-c2ccnc(N3CCC(F)(F)C3)c2NC(=O)c2cnc(C(C)C)nc2)c1. The van der Waals surface area contributed by atoms with Crippen LogP contribution in [0, 0.1) is 5.82 Å². The smallest absolute Gasteiger partial charge is 0.266 e. The van der Waals surface area contributed by atoms with Crippen LogP contribution < -0.4 is 15.0 Å². The van der Waals surface area contributed by atoms with E-state index < -0.39 is 24.2 Å². The van der Waals surface area contributed by atoms with Crippen LogP contribution in [0.15, 0.2) is 42.9 Å². The van der Waals surface area contributed by atoms with E-state index in [0.717, 1.165) is 0 Å².